The van der Waals surface area contributed by atoms with E-state index in [2.05, 4.69) is 17.4 Å². The summed E-state index contributed by atoms with van der Waals surface area (Å²) in [6.45, 7) is 2.14. The molecule has 2 heteroatoms. The second kappa shape index (κ2) is 3.14. The lowest BCUT2D eigenvalue weighted by Gasteiger charge is -2.04. The first-order valence-corrected chi connectivity index (χ1v) is 5.14. The summed E-state index contributed by atoms with van der Waals surface area (Å²) in [5.41, 5.74) is 3.93. The van der Waals surface area contributed by atoms with Gasteiger partial charge < -0.3 is 9.73 Å². The summed E-state index contributed by atoms with van der Waals surface area (Å²) in [5.74, 6) is 0. The number of nitrogens with one attached hydrogen (secondary N) is 1. The Bertz CT molecular complexity index is 458. The summed E-state index contributed by atoms with van der Waals surface area (Å²) >= 11 is 0. The highest BCUT2D eigenvalue weighted by Gasteiger charge is 2.12. The van der Waals surface area contributed by atoms with Crippen LogP contribution >= 0.6 is 0 Å². The highest BCUT2D eigenvalue weighted by molar-refractivity contribution is 5.81. The lowest BCUT2D eigenvalue weighted by Crippen LogP contribution is -2.16. The molecule has 0 amide bonds. The molecule has 3 rings (SSSR count). The molecule has 2 aromatic rings. The smallest absolute Gasteiger partial charge is 0.137 e. The van der Waals surface area contributed by atoms with Crippen LogP contribution in [0.2, 0.25) is 0 Å². The Morgan fingerprint density at radius 1 is 1.07 bits per heavy atom. The van der Waals surface area contributed by atoms with Crippen LogP contribution in [0.3, 0.4) is 0 Å². The molecule has 1 aromatic carbocycles. The zero-order chi connectivity index (χ0) is 9.38. The van der Waals surface area contributed by atoms with Gasteiger partial charge in [-0.05, 0) is 43.1 Å². The molecule has 0 radical (unpaired) electrons. The maximum atomic E-state index is 5.54. The van der Waals surface area contributed by atoms with Gasteiger partial charge >= 0.3 is 0 Å². The normalized spacial score (nSPS) is 16.6. The Hall–Kier alpha value is -1.28. The van der Waals surface area contributed by atoms with Crippen LogP contribution in [0.15, 0.2) is 28.9 Å². The predicted molar refractivity (Wildman–Crippen MR) is 56.5 cm³/mol. The molecule has 1 aliphatic rings. The summed E-state index contributed by atoms with van der Waals surface area (Å²) in [4.78, 5) is 0. The van der Waals surface area contributed by atoms with E-state index in [1.165, 1.54) is 16.5 Å². The molecule has 72 valence electrons. The number of hydrogen-bond donors (Lipinski definition) is 1. The quantitative estimate of drug-likeness (QED) is 0.683. The first-order valence-electron chi connectivity index (χ1n) is 5.14. The summed E-state index contributed by atoms with van der Waals surface area (Å²) in [5, 5.41) is 4.64. The lowest BCUT2D eigenvalue weighted by molar-refractivity contribution is 0.609. The molecule has 14 heavy (non-hydrogen) atoms. The molecule has 0 bridgehead atoms. The van der Waals surface area contributed by atoms with Crippen molar-refractivity contribution in [2.75, 3.05) is 13.1 Å². The Labute approximate surface area is 82.9 Å². The van der Waals surface area contributed by atoms with Crippen molar-refractivity contribution in [1.82, 2.24) is 5.32 Å². The van der Waals surface area contributed by atoms with Crippen molar-refractivity contribution in [2.24, 2.45) is 0 Å². The van der Waals surface area contributed by atoms with Crippen molar-refractivity contribution in [3.63, 3.8) is 0 Å². The lowest BCUT2D eigenvalue weighted by atomic mass is 10.0. The number of rotatable bonds is 0. The molecular formula is C12H13NO. The van der Waals surface area contributed by atoms with Crippen LogP contribution in [-0.4, -0.2) is 13.1 Å². The van der Waals surface area contributed by atoms with Gasteiger partial charge in [0.25, 0.3) is 0 Å². The van der Waals surface area contributed by atoms with Crippen molar-refractivity contribution in [3.8, 4) is 0 Å². The van der Waals surface area contributed by atoms with Gasteiger partial charge in [-0.25, -0.2) is 0 Å². The number of furan rings is 1. The third kappa shape index (κ3) is 1.15. The molecule has 0 aliphatic carbocycles. The Balaban J connectivity index is 2.26. The molecule has 2 nitrogen and oxygen atoms in total. The highest BCUT2D eigenvalue weighted by Crippen LogP contribution is 2.25. The fourth-order valence-corrected chi connectivity index (χ4v) is 2.20. The average Bonchev–Trinajstić information content (AvgIpc) is 2.55. The van der Waals surface area contributed by atoms with Gasteiger partial charge in [0, 0.05) is 5.39 Å². The van der Waals surface area contributed by atoms with E-state index >= 15 is 0 Å². The number of hydrogen-bond acceptors (Lipinski definition) is 2. The second-order valence-electron chi connectivity index (χ2n) is 3.79. The standard InChI is InChI=1S/C12H13NO/c1-2-10-5-8-14-12(10)11-4-7-13-6-3-9(1)11/h1-2,5,8,13H,3-4,6-7H2. The summed E-state index contributed by atoms with van der Waals surface area (Å²) in [7, 11) is 0. The van der Waals surface area contributed by atoms with Crippen molar-refractivity contribution in [3.05, 3.63) is 35.6 Å². The average molecular weight is 187 g/mol. The molecule has 1 aliphatic heterocycles. The van der Waals surface area contributed by atoms with Crippen LogP contribution in [0.5, 0.6) is 0 Å². The Kier molecular flexibility index (Phi) is 1.81. The molecule has 0 unspecified atom stereocenters. The van der Waals surface area contributed by atoms with E-state index in [4.69, 9.17) is 4.42 Å². The molecular weight excluding hydrogens is 174 g/mol. The van der Waals surface area contributed by atoms with E-state index in [1.807, 2.05) is 6.07 Å². The fourth-order valence-electron chi connectivity index (χ4n) is 2.20. The van der Waals surface area contributed by atoms with Crippen molar-refractivity contribution in [1.29, 1.82) is 0 Å². The molecule has 2 heterocycles. The summed E-state index contributed by atoms with van der Waals surface area (Å²) in [6.07, 6.45) is 3.98. The maximum absolute atomic E-state index is 5.54. The third-order valence-electron chi connectivity index (χ3n) is 2.94. The van der Waals surface area contributed by atoms with Crippen molar-refractivity contribution in [2.45, 2.75) is 12.8 Å². The van der Waals surface area contributed by atoms with Gasteiger partial charge in [-0.1, -0.05) is 12.1 Å². The van der Waals surface area contributed by atoms with Gasteiger partial charge in [0.1, 0.15) is 5.58 Å². The van der Waals surface area contributed by atoms with Gasteiger partial charge in [-0.15, -0.1) is 0 Å². The Morgan fingerprint density at radius 2 is 2.00 bits per heavy atom. The third-order valence-corrected chi connectivity index (χ3v) is 2.94. The molecule has 0 spiro atoms. The minimum atomic E-state index is 1.06. The minimum Gasteiger partial charge on any atom is -0.464 e. The highest BCUT2D eigenvalue weighted by atomic mass is 16.3. The first kappa shape index (κ1) is 8.06. The number of fused-ring (bicyclic) bond motifs is 3. The van der Waals surface area contributed by atoms with Crippen LogP contribution in [-0.2, 0) is 12.8 Å². The van der Waals surface area contributed by atoms with E-state index in [-0.39, 0.29) is 0 Å². The van der Waals surface area contributed by atoms with Crippen LogP contribution in [0.25, 0.3) is 11.0 Å². The topological polar surface area (TPSA) is 25.2 Å². The van der Waals surface area contributed by atoms with Crippen molar-refractivity contribution >= 4 is 11.0 Å². The van der Waals surface area contributed by atoms with Crippen LogP contribution in [0.1, 0.15) is 11.1 Å². The fraction of sp³-hybridized carbons (Fsp3) is 0.333. The van der Waals surface area contributed by atoms with Gasteiger partial charge in [0.15, 0.2) is 0 Å². The van der Waals surface area contributed by atoms with Crippen LogP contribution in [0.4, 0.5) is 0 Å². The molecule has 0 saturated carbocycles. The van der Waals surface area contributed by atoms with Crippen LogP contribution < -0.4 is 5.32 Å². The maximum Gasteiger partial charge on any atom is 0.137 e. The zero-order valence-corrected chi connectivity index (χ0v) is 8.05. The second-order valence-corrected chi connectivity index (χ2v) is 3.79. The Morgan fingerprint density at radius 3 is 3.00 bits per heavy atom. The van der Waals surface area contributed by atoms with Crippen molar-refractivity contribution < 1.29 is 4.42 Å². The SMILES string of the molecule is c1cc2ccc3c(c2o1)CCNCC3. The number of benzene rings is 1. The van der Waals surface area contributed by atoms with Crippen LogP contribution in [0, 0.1) is 0 Å². The largest absolute Gasteiger partial charge is 0.464 e. The van der Waals surface area contributed by atoms with Gasteiger partial charge in [-0.2, -0.15) is 0 Å². The molecule has 0 atom stereocenters. The zero-order valence-electron chi connectivity index (χ0n) is 8.05. The van der Waals surface area contributed by atoms with Gasteiger partial charge in [0.2, 0.25) is 0 Å². The minimum absolute atomic E-state index is 1.06. The molecule has 1 N–H and O–H groups in total. The molecule has 0 saturated heterocycles. The van der Waals surface area contributed by atoms with E-state index in [0.29, 0.717) is 0 Å². The van der Waals surface area contributed by atoms with Gasteiger partial charge in [-0.3, -0.25) is 0 Å². The van der Waals surface area contributed by atoms with Gasteiger partial charge in [0.05, 0.1) is 6.26 Å². The van der Waals surface area contributed by atoms with E-state index in [0.717, 1.165) is 31.5 Å². The van der Waals surface area contributed by atoms with E-state index in [9.17, 15) is 0 Å². The van der Waals surface area contributed by atoms with E-state index < -0.39 is 0 Å². The molecule has 1 aromatic heterocycles. The molecule has 0 fully saturated rings. The predicted octanol–water partition coefficient (Wildman–Crippen LogP) is 2.12. The monoisotopic (exact) mass is 187 g/mol. The summed E-state index contributed by atoms with van der Waals surface area (Å²) < 4.78 is 5.54. The summed E-state index contributed by atoms with van der Waals surface area (Å²) in [6, 6.07) is 6.43. The first-order chi connectivity index (χ1) is 6.95. The van der Waals surface area contributed by atoms with E-state index in [1.54, 1.807) is 6.26 Å².